The van der Waals surface area contributed by atoms with Crippen LogP contribution in [0.3, 0.4) is 0 Å². The summed E-state index contributed by atoms with van der Waals surface area (Å²) in [6, 6.07) is 6.06. The van der Waals surface area contributed by atoms with E-state index in [2.05, 4.69) is 31.4 Å². The van der Waals surface area contributed by atoms with Crippen molar-refractivity contribution < 1.29 is 4.79 Å². The monoisotopic (exact) mass is 276 g/mol. The van der Waals surface area contributed by atoms with Crippen molar-refractivity contribution in [3.05, 3.63) is 29.3 Å². The molecular formula is C17H28N2O. The number of anilines is 1. The third kappa shape index (κ3) is 5.24. The van der Waals surface area contributed by atoms with Crippen LogP contribution in [0.15, 0.2) is 18.2 Å². The zero-order chi connectivity index (χ0) is 15.0. The summed E-state index contributed by atoms with van der Waals surface area (Å²) in [6.07, 6.45) is 4.67. The highest BCUT2D eigenvalue weighted by Crippen LogP contribution is 2.16. The number of amides is 1. The number of hydrogen-bond donors (Lipinski definition) is 2. The average molecular weight is 276 g/mol. The van der Waals surface area contributed by atoms with Crippen LogP contribution < -0.4 is 10.6 Å². The van der Waals surface area contributed by atoms with E-state index >= 15 is 0 Å². The van der Waals surface area contributed by atoms with E-state index in [1.807, 2.05) is 25.1 Å². The molecule has 0 aromatic heterocycles. The van der Waals surface area contributed by atoms with Crippen molar-refractivity contribution in [1.29, 1.82) is 0 Å². The van der Waals surface area contributed by atoms with Crippen LogP contribution in [-0.2, 0) is 0 Å². The van der Waals surface area contributed by atoms with Crippen LogP contribution >= 0.6 is 0 Å². The van der Waals surface area contributed by atoms with Crippen LogP contribution in [0.2, 0.25) is 0 Å². The third-order valence-corrected chi connectivity index (χ3v) is 3.47. The van der Waals surface area contributed by atoms with Gasteiger partial charge < -0.3 is 10.6 Å². The summed E-state index contributed by atoms with van der Waals surface area (Å²) in [5, 5.41) is 6.36. The van der Waals surface area contributed by atoms with Crippen LogP contribution in [0.25, 0.3) is 0 Å². The molecular weight excluding hydrogens is 248 g/mol. The molecule has 1 amide bonds. The topological polar surface area (TPSA) is 41.1 Å². The molecule has 1 rings (SSSR count). The maximum atomic E-state index is 12.2. The van der Waals surface area contributed by atoms with E-state index < -0.39 is 0 Å². The summed E-state index contributed by atoms with van der Waals surface area (Å²) in [4.78, 5) is 12.2. The quantitative estimate of drug-likeness (QED) is 0.701. The zero-order valence-electron chi connectivity index (χ0n) is 13.3. The van der Waals surface area contributed by atoms with E-state index in [0.717, 1.165) is 29.8 Å². The van der Waals surface area contributed by atoms with Crippen LogP contribution in [0, 0.1) is 6.92 Å². The van der Waals surface area contributed by atoms with Gasteiger partial charge in [0.25, 0.3) is 5.91 Å². The van der Waals surface area contributed by atoms with E-state index in [1.54, 1.807) is 0 Å². The second-order valence-corrected chi connectivity index (χ2v) is 5.43. The molecule has 0 saturated heterocycles. The number of carbonyl (C=O) groups is 1. The lowest BCUT2D eigenvalue weighted by atomic mass is 10.1. The molecule has 1 aromatic carbocycles. The highest BCUT2D eigenvalue weighted by molar-refractivity contribution is 5.95. The molecule has 112 valence electrons. The lowest BCUT2D eigenvalue weighted by Gasteiger charge is -2.15. The SMILES string of the molecule is CCCCCC(C)NC(=O)c1ccc(NCC)c(C)c1. The minimum Gasteiger partial charge on any atom is -0.385 e. The third-order valence-electron chi connectivity index (χ3n) is 3.47. The fourth-order valence-corrected chi connectivity index (χ4v) is 2.27. The molecule has 1 aromatic rings. The number of benzene rings is 1. The Labute approximate surface area is 123 Å². The summed E-state index contributed by atoms with van der Waals surface area (Å²) >= 11 is 0. The van der Waals surface area contributed by atoms with E-state index in [4.69, 9.17) is 0 Å². The van der Waals surface area contributed by atoms with Gasteiger partial charge in [0.05, 0.1) is 0 Å². The van der Waals surface area contributed by atoms with Gasteiger partial charge in [-0.05, 0) is 51.0 Å². The smallest absolute Gasteiger partial charge is 0.251 e. The van der Waals surface area contributed by atoms with Crippen molar-refractivity contribution in [3.8, 4) is 0 Å². The average Bonchev–Trinajstić information content (AvgIpc) is 2.41. The minimum absolute atomic E-state index is 0.0279. The number of aryl methyl sites for hydroxylation is 1. The molecule has 0 heterocycles. The van der Waals surface area contributed by atoms with E-state index in [-0.39, 0.29) is 11.9 Å². The second kappa shape index (κ2) is 8.62. The van der Waals surface area contributed by atoms with E-state index in [0.29, 0.717) is 0 Å². The van der Waals surface area contributed by atoms with Crippen LogP contribution in [0.4, 0.5) is 5.69 Å². The lowest BCUT2D eigenvalue weighted by molar-refractivity contribution is 0.0938. The standard InChI is InChI=1S/C17H28N2O/c1-5-7-8-9-14(4)19-17(20)15-10-11-16(18-6-2)13(3)12-15/h10-12,14,18H,5-9H2,1-4H3,(H,19,20). The summed E-state index contributed by atoms with van der Waals surface area (Å²) in [7, 11) is 0. The largest absolute Gasteiger partial charge is 0.385 e. The first-order chi connectivity index (χ1) is 9.58. The molecule has 3 heteroatoms. The Hall–Kier alpha value is -1.51. The number of unbranched alkanes of at least 4 members (excludes halogenated alkanes) is 2. The molecule has 2 N–H and O–H groups in total. The molecule has 0 aliphatic carbocycles. The van der Waals surface area contributed by atoms with Crippen molar-refractivity contribution in [1.82, 2.24) is 5.32 Å². The van der Waals surface area contributed by atoms with Crippen molar-refractivity contribution >= 4 is 11.6 Å². The van der Waals surface area contributed by atoms with Gasteiger partial charge in [-0.1, -0.05) is 26.2 Å². The lowest BCUT2D eigenvalue weighted by Crippen LogP contribution is -2.32. The van der Waals surface area contributed by atoms with Crippen molar-refractivity contribution in [3.63, 3.8) is 0 Å². The summed E-state index contributed by atoms with van der Waals surface area (Å²) in [6.45, 7) is 9.25. The molecule has 1 unspecified atom stereocenters. The van der Waals surface area contributed by atoms with Crippen LogP contribution in [0.1, 0.15) is 62.4 Å². The number of nitrogens with one attached hydrogen (secondary N) is 2. The summed E-state index contributed by atoms with van der Waals surface area (Å²) in [5.74, 6) is 0.0279. The second-order valence-electron chi connectivity index (χ2n) is 5.43. The maximum absolute atomic E-state index is 12.2. The maximum Gasteiger partial charge on any atom is 0.251 e. The van der Waals surface area contributed by atoms with Gasteiger partial charge in [0.2, 0.25) is 0 Å². The Kier molecular flexibility index (Phi) is 7.13. The number of hydrogen-bond acceptors (Lipinski definition) is 2. The normalized spacial score (nSPS) is 12.0. The minimum atomic E-state index is 0.0279. The van der Waals surface area contributed by atoms with Gasteiger partial charge in [0.15, 0.2) is 0 Å². The summed E-state index contributed by atoms with van der Waals surface area (Å²) < 4.78 is 0. The van der Waals surface area contributed by atoms with E-state index in [9.17, 15) is 4.79 Å². The fraction of sp³-hybridized carbons (Fsp3) is 0.588. The Morgan fingerprint density at radius 1 is 1.25 bits per heavy atom. The molecule has 0 spiro atoms. The molecule has 0 radical (unpaired) electrons. The molecule has 20 heavy (non-hydrogen) atoms. The first-order valence-corrected chi connectivity index (χ1v) is 7.73. The Morgan fingerprint density at radius 2 is 2.00 bits per heavy atom. The number of rotatable bonds is 8. The Balaban J connectivity index is 2.57. The van der Waals surface area contributed by atoms with Gasteiger partial charge in [0, 0.05) is 23.8 Å². The predicted molar refractivity (Wildman–Crippen MR) is 86.4 cm³/mol. The van der Waals surface area contributed by atoms with Crippen molar-refractivity contribution in [2.75, 3.05) is 11.9 Å². The Morgan fingerprint density at radius 3 is 2.60 bits per heavy atom. The highest BCUT2D eigenvalue weighted by Gasteiger charge is 2.10. The van der Waals surface area contributed by atoms with Crippen molar-refractivity contribution in [2.24, 2.45) is 0 Å². The first-order valence-electron chi connectivity index (χ1n) is 7.73. The van der Waals surface area contributed by atoms with Gasteiger partial charge in [-0.15, -0.1) is 0 Å². The fourth-order valence-electron chi connectivity index (χ4n) is 2.27. The first kappa shape index (κ1) is 16.5. The van der Waals surface area contributed by atoms with Gasteiger partial charge in [-0.25, -0.2) is 0 Å². The predicted octanol–water partition coefficient (Wildman–Crippen LogP) is 4.13. The molecule has 1 atom stereocenters. The molecule has 0 saturated carbocycles. The van der Waals surface area contributed by atoms with Gasteiger partial charge in [-0.2, -0.15) is 0 Å². The zero-order valence-corrected chi connectivity index (χ0v) is 13.3. The molecule has 0 aliphatic heterocycles. The van der Waals surface area contributed by atoms with E-state index in [1.165, 1.54) is 19.3 Å². The van der Waals surface area contributed by atoms with Crippen LogP contribution in [-0.4, -0.2) is 18.5 Å². The van der Waals surface area contributed by atoms with Crippen LogP contribution in [0.5, 0.6) is 0 Å². The summed E-state index contributed by atoms with van der Waals surface area (Å²) in [5.41, 5.74) is 2.95. The highest BCUT2D eigenvalue weighted by atomic mass is 16.1. The van der Waals surface area contributed by atoms with Gasteiger partial charge in [0.1, 0.15) is 0 Å². The van der Waals surface area contributed by atoms with Gasteiger partial charge >= 0.3 is 0 Å². The molecule has 0 bridgehead atoms. The molecule has 0 aliphatic rings. The van der Waals surface area contributed by atoms with Crippen molar-refractivity contribution in [2.45, 2.75) is 59.4 Å². The number of carbonyl (C=O) groups excluding carboxylic acids is 1. The van der Waals surface area contributed by atoms with Gasteiger partial charge in [-0.3, -0.25) is 4.79 Å². The molecule has 0 fully saturated rings. The Bertz CT molecular complexity index is 429. The molecule has 3 nitrogen and oxygen atoms in total.